The van der Waals surface area contributed by atoms with Crippen molar-refractivity contribution in [2.45, 2.75) is 0 Å². The molecule has 6 heteroatoms. The van der Waals surface area contributed by atoms with E-state index in [1.54, 1.807) is 36.0 Å². The zero-order chi connectivity index (χ0) is 16.1. The van der Waals surface area contributed by atoms with Gasteiger partial charge in [-0.3, -0.25) is 15.2 Å². The number of nitrogens with one attached hydrogen (secondary N) is 1. The fraction of sp³-hybridized carbons (Fsp3) is 0.118. The second kappa shape index (κ2) is 7.44. The first-order chi connectivity index (χ1) is 11.2. The van der Waals surface area contributed by atoms with Crippen molar-refractivity contribution < 1.29 is 4.79 Å². The molecule has 2 aromatic carbocycles. The molecule has 0 unspecified atom stereocenters. The van der Waals surface area contributed by atoms with Crippen LogP contribution in [0.4, 0.5) is 5.69 Å². The van der Waals surface area contributed by atoms with E-state index < -0.39 is 0 Å². The Labute approximate surface area is 143 Å². The Bertz CT molecular complexity index is 757. The van der Waals surface area contributed by atoms with Crippen molar-refractivity contribution in [3.05, 3.63) is 65.2 Å². The topological polar surface area (TPSA) is 53.8 Å². The summed E-state index contributed by atoms with van der Waals surface area (Å²) < 4.78 is 0. The quantitative estimate of drug-likeness (QED) is 0.504. The molecule has 0 radical (unpaired) electrons. The average molecular weight is 344 g/mol. The summed E-state index contributed by atoms with van der Waals surface area (Å²) in [5.41, 5.74) is 4.62. The van der Waals surface area contributed by atoms with Gasteiger partial charge < -0.3 is 0 Å². The minimum Gasteiger partial charge on any atom is -0.287 e. The van der Waals surface area contributed by atoms with Crippen molar-refractivity contribution in [3.63, 3.8) is 0 Å². The zero-order valence-corrected chi connectivity index (χ0v) is 13.8. The Kier molecular flexibility index (Phi) is 5.10. The molecule has 0 spiro atoms. The lowest BCUT2D eigenvalue weighted by Gasteiger charge is -2.07. The standard InChI is InChI=1S/C17H14ClN3OS/c18-13-8-6-12(7-9-13)16(22)15(17-19-10-11-23-17)21-20-14-4-2-1-3-5-14/h1-9,20H,10-11H2/b21-15+. The maximum absolute atomic E-state index is 12.8. The first-order valence-corrected chi connectivity index (χ1v) is 8.47. The van der Waals surface area contributed by atoms with Gasteiger partial charge in [0.15, 0.2) is 5.71 Å². The van der Waals surface area contributed by atoms with Gasteiger partial charge in [0.1, 0.15) is 5.04 Å². The van der Waals surface area contributed by atoms with Crippen LogP contribution in [0.3, 0.4) is 0 Å². The monoisotopic (exact) mass is 343 g/mol. The number of rotatable bonds is 5. The second-order valence-electron chi connectivity index (χ2n) is 4.81. The SMILES string of the molecule is O=C(/C(=N\Nc1ccccc1)C1=NCCS1)c1ccc(Cl)cc1. The van der Waals surface area contributed by atoms with Crippen molar-refractivity contribution >= 4 is 45.6 Å². The van der Waals surface area contributed by atoms with Crippen LogP contribution in [0.2, 0.25) is 5.02 Å². The second-order valence-corrected chi connectivity index (χ2v) is 6.33. The maximum Gasteiger partial charge on any atom is 0.215 e. The fourth-order valence-corrected chi connectivity index (χ4v) is 3.00. The third-order valence-electron chi connectivity index (χ3n) is 3.18. The molecule has 0 aromatic heterocycles. The Balaban J connectivity index is 1.89. The molecule has 0 fully saturated rings. The van der Waals surface area contributed by atoms with Crippen LogP contribution < -0.4 is 5.43 Å². The zero-order valence-electron chi connectivity index (χ0n) is 12.2. The van der Waals surface area contributed by atoms with E-state index >= 15 is 0 Å². The minimum atomic E-state index is -0.168. The lowest BCUT2D eigenvalue weighted by molar-refractivity contribution is 0.106. The van der Waals surface area contributed by atoms with Crippen molar-refractivity contribution in [3.8, 4) is 0 Å². The summed E-state index contributed by atoms with van der Waals surface area (Å²) in [6, 6.07) is 16.3. The summed E-state index contributed by atoms with van der Waals surface area (Å²) in [6.07, 6.45) is 0. The predicted octanol–water partition coefficient (Wildman–Crippen LogP) is 4.14. The Hall–Kier alpha value is -2.11. The number of nitrogens with zero attached hydrogens (tertiary/aromatic N) is 2. The number of hydrogen-bond acceptors (Lipinski definition) is 5. The van der Waals surface area contributed by atoms with Gasteiger partial charge in [0.2, 0.25) is 5.78 Å². The van der Waals surface area contributed by atoms with Gasteiger partial charge in [-0.2, -0.15) is 5.10 Å². The number of hydrogen-bond donors (Lipinski definition) is 1. The largest absolute Gasteiger partial charge is 0.287 e. The molecule has 0 atom stereocenters. The Morgan fingerprint density at radius 2 is 1.87 bits per heavy atom. The number of halogens is 1. The van der Waals surface area contributed by atoms with Gasteiger partial charge in [0.25, 0.3) is 0 Å². The lowest BCUT2D eigenvalue weighted by atomic mass is 10.1. The molecular formula is C17H14ClN3OS. The van der Waals surface area contributed by atoms with Crippen LogP contribution in [0.1, 0.15) is 10.4 Å². The van der Waals surface area contributed by atoms with E-state index in [0.29, 0.717) is 27.9 Å². The summed E-state index contributed by atoms with van der Waals surface area (Å²) in [4.78, 5) is 17.1. The fourth-order valence-electron chi connectivity index (χ4n) is 2.05. The molecule has 0 aliphatic carbocycles. The highest BCUT2D eigenvalue weighted by molar-refractivity contribution is 8.16. The van der Waals surface area contributed by atoms with Gasteiger partial charge in [-0.25, -0.2) is 0 Å². The van der Waals surface area contributed by atoms with E-state index in [1.165, 1.54) is 0 Å². The van der Waals surface area contributed by atoms with Crippen LogP contribution in [0, 0.1) is 0 Å². The highest BCUT2D eigenvalue weighted by Gasteiger charge is 2.23. The van der Waals surface area contributed by atoms with Crippen LogP contribution in [-0.4, -0.2) is 28.8 Å². The molecule has 1 aliphatic heterocycles. The maximum atomic E-state index is 12.8. The summed E-state index contributed by atoms with van der Waals surface area (Å²) in [6.45, 7) is 0.707. The molecule has 2 aromatic rings. The average Bonchev–Trinajstić information content (AvgIpc) is 3.11. The molecule has 3 rings (SSSR count). The Morgan fingerprint density at radius 1 is 1.13 bits per heavy atom. The van der Waals surface area contributed by atoms with E-state index in [2.05, 4.69) is 15.5 Å². The third-order valence-corrected chi connectivity index (χ3v) is 4.41. The van der Waals surface area contributed by atoms with Gasteiger partial charge in [-0.1, -0.05) is 29.8 Å². The molecule has 0 amide bonds. The number of para-hydroxylation sites is 1. The highest BCUT2D eigenvalue weighted by atomic mass is 35.5. The van der Waals surface area contributed by atoms with Gasteiger partial charge in [-0.05, 0) is 36.4 Å². The highest BCUT2D eigenvalue weighted by Crippen LogP contribution is 2.18. The molecule has 116 valence electrons. The smallest absolute Gasteiger partial charge is 0.215 e. The minimum absolute atomic E-state index is 0.168. The van der Waals surface area contributed by atoms with Crippen LogP contribution in [0.15, 0.2) is 64.7 Å². The molecule has 23 heavy (non-hydrogen) atoms. The van der Waals surface area contributed by atoms with Gasteiger partial charge in [0, 0.05) is 22.9 Å². The van der Waals surface area contributed by atoms with Crippen molar-refractivity contribution in [2.24, 2.45) is 10.1 Å². The first kappa shape index (κ1) is 15.8. The predicted molar refractivity (Wildman–Crippen MR) is 98.0 cm³/mol. The number of carbonyl (C=O) groups excluding carboxylic acids is 1. The van der Waals surface area contributed by atoms with Crippen LogP contribution in [-0.2, 0) is 0 Å². The van der Waals surface area contributed by atoms with E-state index in [9.17, 15) is 4.79 Å². The van der Waals surface area contributed by atoms with Crippen molar-refractivity contribution in [1.82, 2.24) is 0 Å². The molecule has 1 N–H and O–H groups in total. The number of Topliss-reactive ketones (excluding diaryl/α,β-unsaturated/α-hetero) is 1. The van der Waals surface area contributed by atoms with E-state index in [4.69, 9.17) is 11.6 Å². The number of aliphatic imine (C=N–C) groups is 1. The summed E-state index contributed by atoms with van der Waals surface area (Å²) in [7, 11) is 0. The number of thioether (sulfide) groups is 1. The summed E-state index contributed by atoms with van der Waals surface area (Å²) >= 11 is 7.43. The molecule has 0 saturated heterocycles. The molecule has 1 aliphatic rings. The van der Waals surface area contributed by atoms with E-state index in [-0.39, 0.29) is 5.78 Å². The Morgan fingerprint density at radius 3 is 2.52 bits per heavy atom. The number of carbonyl (C=O) groups is 1. The van der Waals surface area contributed by atoms with Crippen LogP contribution in [0.25, 0.3) is 0 Å². The number of benzene rings is 2. The molecular weight excluding hydrogens is 330 g/mol. The van der Waals surface area contributed by atoms with Gasteiger partial charge >= 0.3 is 0 Å². The van der Waals surface area contributed by atoms with Gasteiger partial charge in [-0.15, -0.1) is 11.8 Å². The van der Waals surface area contributed by atoms with Crippen LogP contribution >= 0.6 is 23.4 Å². The molecule has 0 bridgehead atoms. The summed E-state index contributed by atoms with van der Waals surface area (Å²) in [5.74, 6) is 0.700. The van der Waals surface area contributed by atoms with E-state index in [1.807, 2.05) is 30.3 Å². The van der Waals surface area contributed by atoms with Crippen molar-refractivity contribution in [1.29, 1.82) is 0 Å². The molecule has 4 nitrogen and oxygen atoms in total. The first-order valence-electron chi connectivity index (χ1n) is 7.11. The normalized spacial score (nSPS) is 14.5. The lowest BCUT2D eigenvalue weighted by Crippen LogP contribution is -2.23. The number of ketones is 1. The number of hydrazone groups is 1. The molecule has 0 saturated carbocycles. The number of anilines is 1. The molecule has 1 heterocycles. The third kappa shape index (κ3) is 4.00. The van der Waals surface area contributed by atoms with Crippen LogP contribution in [0.5, 0.6) is 0 Å². The summed E-state index contributed by atoms with van der Waals surface area (Å²) in [5, 5.41) is 5.57. The van der Waals surface area contributed by atoms with Crippen molar-refractivity contribution in [2.75, 3.05) is 17.7 Å². The van der Waals surface area contributed by atoms with Gasteiger partial charge in [0.05, 0.1) is 5.69 Å². The van der Waals surface area contributed by atoms with E-state index in [0.717, 1.165) is 11.4 Å².